The van der Waals surface area contributed by atoms with Gasteiger partial charge in [0, 0.05) is 23.1 Å². The number of hydrogen-bond donors (Lipinski definition) is 4. The number of carbonyl (C=O) groups excluding carboxylic acids is 1. The fourth-order valence-corrected chi connectivity index (χ4v) is 2.29. The van der Waals surface area contributed by atoms with E-state index in [0.29, 0.717) is 6.42 Å². The molecule has 0 radical (unpaired) electrons. The van der Waals surface area contributed by atoms with E-state index in [1.807, 2.05) is 30.5 Å². The molecule has 0 aliphatic rings. The maximum absolute atomic E-state index is 12.0. The van der Waals surface area contributed by atoms with Gasteiger partial charge in [0.05, 0.1) is 12.5 Å². The van der Waals surface area contributed by atoms with Crippen LogP contribution in [0.5, 0.6) is 0 Å². The molecule has 1 aromatic heterocycles. The molecule has 1 unspecified atom stereocenters. The van der Waals surface area contributed by atoms with Crippen molar-refractivity contribution >= 4 is 22.8 Å². The minimum Gasteiger partial charge on any atom is -0.481 e. The molecule has 0 fully saturated rings. The number of fused-ring (bicyclic) bond motifs is 1. The zero-order valence-electron chi connectivity index (χ0n) is 11.8. The summed E-state index contributed by atoms with van der Waals surface area (Å²) in [7, 11) is 0. The van der Waals surface area contributed by atoms with Crippen LogP contribution < -0.4 is 11.1 Å². The molecule has 1 aromatic carbocycles. The summed E-state index contributed by atoms with van der Waals surface area (Å²) in [4.78, 5) is 25.7. The Kier molecular flexibility index (Phi) is 4.59. The average molecular weight is 289 g/mol. The highest BCUT2D eigenvalue weighted by atomic mass is 16.4. The Morgan fingerprint density at radius 3 is 2.81 bits per heavy atom. The number of para-hydroxylation sites is 1. The molecular weight excluding hydrogens is 270 g/mol. The molecule has 112 valence electrons. The van der Waals surface area contributed by atoms with Crippen LogP contribution in [0.4, 0.5) is 0 Å². The van der Waals surface area contributed by atoms with Gasteiger partial charge in [-0.25, -0.2) is 0 Å². The van der Waals surface area contributed by atoms with Gasteiger partial charge in [0.25, 0.3) is 0 Å². The molecule has 0 spiro atoms. The third kappa shape index (κ3) is 3.82. The Morgan fingerprint density at radius 1 is 1.38 bits per heavy atom. The van der Waals surface area contributed by atoms with Crippen molar-refractivity contribution < 1.29 is 14.7 Å². The molecule has 0 saturated carbocycles. The lowest BCUT2D eigenvalue weighted by Crippen LogP contribution is -2.46. The van der Waals surface area contributed by atoms with Crippen molar-refractivity contribution in [1.82, 2.24) is 10.3 Å². The number of aliphatic carboxylic acids is 1. The van der Waals surface area contributed by atoms with E-state index < -0.39 is 18.1 Å². The van der Waals surface area contributed by atoms with Gasteiger partial charge in [0.2, 0.25) is 5.91 Å². The van der Waals surface area contributed by atoms with Crippen molar-refractivity contribution in [1.29, 1.82) is 0 Å². The molecule has 6 nitrogen and oxygen atoms in total. The second kappa shape index (κ2) is 6.41. The van der Waals surface area contributed by atoms with E-state index in [-0.39, 0.29) is 12.3 Å². The number of amides is 1. The molecule has 1 amide bonds. The normalized spacial score (nSPS) is 13.8. The van der Waals surface area contributed by atoms with Crippen LogP contribution in [0, 0.1) is 0 Å². The van der Waals surface area contributed by atoms with Crippen LogP contribution in [0.1, 0.15) is 18.9 Å². The van der Waals surface area contributed by atoms with E-state index in [2.05, 4.69) is 10.3 Å². The van der Waals surface area contributed by atoms with Crippen molar-refractivity contribution in [2.24, 2.45) is 5.73 Å². The number of benzene rings is 1. The SMILES string of the molecule is CC(CC(=O)O)NC(=O)[C@@H](N)Cc1c[nH]c2ccccc12. The number of rotatable bonds is 6. The van der Waals surface area contributed by atoms with E-state index >= 15 is 0 Å². The maximum atomic E-state index is 12.0. The lowest BCUT2D eigenvalue weighted by atomic mass is 10.0. The second-order valence-corrected chi connectivity index (χ2v) is 5.18. The van der Waals surface area contributed by atoms with Crippen LogP contribution in [0.3, 0.4) is 0 Å². The first-order chi connectivity index (χ1) is 9.97. The summed E-state index contributed by atoms with van der Waals surface area (Å²) in [5, 5.41) is 12.3. The molecule has 21 heavy (non-hydrogen) atoms. The molecule has 2 atom stereocenters. The Morgan fingerprint density at radius 2 is 2.10 bits per heavy atom. The minimum atomic E-state index is -0.951. The molecule has 1 heterocycles. The number of aromatic nitrogens is 1. The summed E-state index contributed by atoms with van der Waals surface area (Å²) < 4.78 is 0. The molecule has 0 saturated heterocycles. The van der Waals surface area contributed by atoms with E-state index in [0.717, 1.165) is 16.5 Å². The summed E-state index contributed by atoms with van der Waals surface area (Å²) >= 11 is 0. The molecule has 2 aromatic rings. The summed E-state index contributed by atoms with van der Waals surface area (Å²) in [5.74, 6) is -1.29. The molecule has 0 aliphatic heterocycles. The Balaban J connectivity index is 1.99. The van der Waals surface area contributed by atoms with Gasteiger partial charge in [-0.1, -0.05) is 18.2 Å². The molecular formula is C15H19N3O3. The second-order valence-electron chi connectivity index (χ2n) is 5.18. The lowest BCUT2D eigenvalue weighted by Gasteiger charge is -2.16. The highest BCUT2D eigenvalue weighted by Gasteiger charge is 2.18. The van der Waals surface area contributed by atoms with Gasteiger partial charge >= 0.3 is 5.97 Å². The quantitative estimate of drug-likeness (QED) is 0.636. The predicted octanol–water partition coefficient (Wildman–Crippen LogP) is 1.02. The Labute approximate surface area is 122 Å². The number of carbonyl (C=O) groups is 2. The van der Waals surface area contributed by atoms with Crippen LogP contribution in [-0.4, -0.2) is 34.1 Å². The molecule has 0 aliphatic carbocycles. The van der Waals surface area contributed by atoms with Crippen LogP contribution in [0.25, 0.3) is 10.9 Å². The first-order valence-corrected chi connectivity index (χ1v) is 6.80. The summed E-state index contributed by atoms with van der Waals surface area (Å²) in [6, 6.07) is 6.64. The fraction of sp³-hybridized carbons (Fsp3) is 0.333. The standard InChI is InChI=1S/C15H19N3O3/c1-9(6-14(19)20)18-15(21)12(16)7-10-8-17-13-5-3-2-4-11(10)13/h2-5,8-9,12,17H,6-7,16H2,1H3,(H,18,21)(H,19,20)/t9?,12-/m0/s1. The fourth-order valence-electron chi connectivity index (χ4n) is 2.29. The van der Waals surface area contributed by atoms with Gasteiger partial charge in [-0.15, -0.1) is 0 Å². The number of nitrogens with two attached hydrogens (primary N) is 1. The van der Waals surface area contributed by atoms with Gasteiger partial charge in [-0.05, 0) is 25.0 Å². The van der Waals surface area contributed by atoms with Crippen molar-refractivity contribution in [3.8, 4) is 0 Å². The summed E-state index contributed by atoms with van der Waals surface area (Å²) in [6.45, 7) is 1.64. The first kappa shape index (κ1) is 15.1. The van der Waals surface area contributed by atoms with Crippen molar-refractivity contribution in [2.45, 2.75) is 31.8 Å². The van der Waals surface area contributed by atoms with Crippen molar-refractivity contribution in [3.63, 3.8) is 0 Å². The van der Waals surface area contributed by atoms with Crippen molar-refractivity contribution in [2.75, 3.05) is 0 Å². The van der Waals surface area contributed by atoms with Crippen molar-refractivity contribution in [3.05, 3.63) is 36.0 Å². The Bertz CT molecular complexity index is 650. The van der Waals surface area contributed by atoms with E-state index in [4.69, 9.17) is 10.8 Å². The van der Waals surface area contributed by atoms with Crippen LogP contribution in [-0.2, 0) is 16.0 Å². The first-order valence-electron chi connectivity index (χ1n) is 6.80. The molecule has 5 N–H and O–H groups in total. The largest absolute Gasteiger partial charge is 0.481 e. The zero-order chi connectivity index (χ0) is 15.4. The van der Waals surface area contributed by atoms with E-state index in [9.17, 15) is 9.59 Å². The zero-order valence-corrected chi connectivity index (χ0v) is 11.8. The summed E-state index contributed by atoms with van der Waals surface area (Å²) in [6.07, 6.45) is 2.12. The number of nitrogens with one attached hydrogen (secondary N) is 2. The van der Waals surface area contributed by atoms with Gasteiger partial charge in [-0.2, -0.15) is 0 Å². The molecule has 0 bridgehead atoms. The average Bonchev–Trinajstić information content (AvgIpc) is 2.81. The number of carboxylic acids is 1. The van der Waals surface area contributed by atoms with Gasteiger partial charge in [0.15, 0.2) is 0 Å². The highest BCUT2D eigenvalue weighted by molar-refractivity contribution is 5.86. The number of H-pyrrole nitrogens is 1. The summed E-state index contributed by atoms with van der Waals surface area (Å²) in [5.41, 5.74) is 7.88. The molecule has 6 heteroatoms. The third-order valence-electron chi connectivity index (χ3n) is 3.32. The monoisotopic (exact) mass is 289 g/mol. The number of hydrogen-bond acceptors (Lipinski definition) is 3. The maximum Gasteiger partial charge on any atom is 0.305 e. The highest BCUT2D eigenvalue weighted by Crippen LogP contribution is 2.18. The van der Waals surface area contributed by atoms with Gasteiger partial charge in [0.1, 0.15) is 0 Å². The van der Waals surface area contributed by atoms with Crippen LogP contribution in [0.15, 0.2) is 30.5 Å². The third-order valence-corrected chi connectivity index (χ3v) is 3.32. The molecule has 2 rings (SSSR count). The smallest absolute Gasteiger partial charge is 0.305 e. The Hall–Kier alpha value is -2.34. The van der Waals surface area contributed by atoms with E-state index in [1.54, 1.807) is 6.92 Å². The topological polar surface area (TPSA) is 108 Å². The lowest BCUT2D eigenvalue weighted by molar-refractivity contribution is -0.137. The minimum absolute atomic E-state index is 0.119. The van der Waals surface area contributed by atoms with Gasteiger partial charge in [-0.3, -0.25) is 9.59 Å². The van der Waals surface area contributed by atoms with Crippen LogP contribution >= 0.6 is 0 Å². The van der Waals surface area contributed by atoms with E-state index in [1.165, 1.54) is 0 Å². The number of carboxylic acid groups (broad SMARTS) is 1. The number of aromatic amines is 1. The van der Waals surface area contributed by atoms with Crippen LogP contribution in [0.2, 0.25) is 0 Å². The predicted molar refractivity (Wildman–Crippen MR) is 79.8 cm³/mol. The van der Waals surface area contributed by atoms with Gasteiger partial charge < -0.3 is 21.1 Å².